The molecule has 0 aromatic rings. The minimum Gasteiger partial charge on any atom is -0.414 e. The minimum atomic E-state index is -1.76. The third kappa shape index (κ3) is 8.45. The molecule has 4 atom stereocenters. The van der Waals surface area contributed by atoms with Gasteiger partial charge in [0.15, 0.2) is 16.6 Å². The fourth-order valence-corrected chi connectivity index (χ4v) is 10.7. The van der Waals surface area contributed by atoms with Crippen molar-refractivity contribution < 1.29 is 8.85 Å². The van der Waals surface area contributed by atoms with Crippen LogP contribution in [0.5, 0.6) is 0 Å². The first-order valence-corrected chi connectivity index (χ1v) is 22.7. The zero-order valence-corrected chi connectivity index (χ0v) is 30.6. The first kappa shape index (κ1) is 33.8. The van der Waals surface area contributed by atoms with Crippen molar-refractivity contribution in [1.82, 2.24) is 0 Å². The van der Waals surface area contributed by atoms with Gasteiger partial charge in [-0.15, -0.1) is 0 Å². The van der Waals surface area contributed by atoms with Gasteiger partial charge in [-0.3, -0.25) is 0 Å². The van der Waals surface area contributed by atoms with Crippen LogP contribution in [0.2, 0.25) is 37.8 Å². The van der Waals surface area contributed by atoms with Crippen LogP contribution >= 0.6 is 0 Å². The van der Waals surface area contributed by atoms with Gasteiger partial charge in [-0.1, -0.05) is 82.6 Å². The molecule has 0 bridgehead atoms. The van der Waals surface area contributed by atoms with Gasteiger partial charge in [-0.05, 0) is 132 Å². The zero-order chi connectivity index (χ0) is 30.1. The number of rotatable bonds is 10. The molecule has 0 aromatic heterocycles. The summed E-state index contributed by atoms with van der Waals surface area (Å²) in [6.45, 7) is 32.8. The summed E-state index contributed by atoms with van der Waals surface area (Å²) in [5.41, 5.74) is 6.48. The molecule has 2 saturated carbocycles. The van der Waals surface area contributed by atoms with E-state index in [0.717, 1.165) is 25.7 Å². The first-order chi connectivity index (χ1) is 18.2. The number of hydrogen-bond acceptors (Lipinski definition) is 2. The van der Waals surface area contributed by atoms with E-state index in [0.29, 0.717) is 23.4 Å². The molecule has 0 aliphatic heterocycles. The largest absolute Gasteiger partial charge is 0.414 e. The third-order valence-electron chi connectivity index (χ3n) is 10.6. The summed E-state index contributed by atoms with van der Waals surface area (Å²) in [6, 6.07) is 0. The van der Waals surface area contributed by atoms with Gasteiger partial charge in [0.25, 0.3) is 0 Å². The van der Waals surface area contributed by atoms with Crippen LogP contribution < -0.4 is 0 Å². The smallest absolute Gasteiger partial charge is 0.192 e. The van der Waals surface area contributed by atoms with Crippen LogP contribution in [-0.2, 0) is 8.85 Å². The molecule has 40 heavy (non-hydrogen) atoms. The molecule has 3 aliphatic carbocycles. The van der Waals surface area contributed by atoms with E-state index >= 15 is 0 Å². The van der Waals surface area contributed by atoms with E-state index in [1.54, 1.807) is 11.1 Å². The van der Waals surface area contributed by atoms with Crippen LogP contribution in [0.25, 0.3) is 0 Å². The summed E-state index contributed by atoms with van der Waals surface area (Å²) >= 11 is 0. The second-order valence-electron chi connectivity index (χ2n) is 16.8. The van der Waals surface area contributed by atoms with E-state index in [9.17, 15) is 0 Å². The van der Waals surface area contributed by atoms with Crippen molar-refractivity contribution in [2.45, 2.75) is 162 Å². The molecule has 0 amide bonds. The number of fused-ring (bicyclic) bond motifs is 1. The molecule has 3 aliphatic rings. The lowest BCUT2D eigenvalue weighted by Gasteiger charge is -2.43. The molecule has 3 rings (SSSR count). The van der Waals surface area contributed by atoms with E-state index in [1.165, 1.54) is 49.7 Å². The lowest BCUT2D eigenvalue weighted by atomic mass is 9.62. The van der Waals surface area contributed by atoms with Gasteiger partial charge in [0.1, 0.15) is 0 Å². The minimum absolute atomic E-state index is 0.00715. The highest BCUT2D eigenvalue weighted by Crippen LogP contribution is 2.57. The first-order valence-electron chi connectivity index (χ1n) is 16.4. The van der Waals surface area contributed by atoms with Crippen molar-refractivity contribution in [3.8, 4) is 0 Å². The van der Waals surface area contributed by atoms with Gasteiger partial charge in [0.05, 0.1) is 5.60 Å². The standard InChI is InChI=1S/C36H64O2Si2/c1-27-18-21-31(37-40(12,13)34(3,4)5)26-30(27)20-19-29-17-15-25-36(8)32(22-23-33(29)36)28(2)16-14-24-35(6,7)38-39(9,10)11/h19-20,22,28,31,33H,1,14-18,21,23-26H2,2-13H3/t28-,31-,33+,36-/m1/s1. The summed E-state index contributed by atoms with van der Waals surface area (Å²) in [5.74, 6) is 1.32. The molecule has 0 spiro atoms. The van der Waals surface area contributed by atoms with E-state index in [4.69, 9.17) is 8.85 Å². The fourth-order valence-electron chi connectivity index (χ4n) is 7.56. The Bertz CT molecular complexity index is 1000. The van der Waals surface area contributed by atoms with Crippen LogP contribution in [0.3, 0.4) is 0 Å². The lowest BCUT2D eigenvalue weighted by Crippen LogP contribution is -2.44. The van der Waals surface area contributed by atoms with Gasteiger partial charge in [-0.25, -0.2) is 0 Å². The Morgan fingerprint density at radius 1 is 1.07 bits per heavy atom. The van der Waals surface area contributed by atoms with Crippen molar-refractivity contribution in [2.75, 3.05) is 0 Å². The molecule has 0 heterocycles. The Hall–Kier alpha value is -0.686. The van der Waals surface area contributed by atoms with Gasteiger partial charge in [-0.2, -0.15) is 0 Å². The lowest BCUT2D eigenvalue weighted by molar-refractivity contribution is 0.0868. The van der Waals surface area contributed by atoms with Crippen LogP contribution in [0.15, 0.2) is 47.1 Å². The van der Waals surface area contributed by atoms with Gasteiger partial charge >= 0.3 is 0 Å². The Balaban J connectivity index is 1.66. The Kier molecular flexibility index (Phi) is 10.6. The van der Waals surface area contributed by atoms with E-state index in [-0.39, 0.29) is 10.6 Å². The monoisotopic (exact) mass is 584 g/mol. The molecule has 0 aromatic carbocycles. The number of allylic oxidation sites excluding steroid dienone is 6. The summed E-state index contributed by atoms with van der Waals surface area (Å²) < 4.78 is 13.3. The van der Waals surface area contributed by atoms with Gasteiger partial charge in [0, 0.05) is 6.10 Å². The maximum Gasteiger partial charge on any atom is 0.192 e. The summed E-state index contributed by atoms with van der Waals surface area (Å²) in [5, 5.41) is 0.252. The molecule has 2 nitrogen and oxygen atoms in total. The molecule has 0 saturated heterocycles. The SMILES string of the molecule is C=C1CC[C@@H](O[Si](C)(C)C(C)(C)C)CC1=CC=C1CCC[C@]2(C)C([C@H](C)CCCC(C)(C)O[Si](C)(C)C)=CC[C@@H]12. The Morgan fingerprint density at radius 3 is 2.38 bits per heavy atom. The summed E-state index contributed by atoms with van der Waals surface area (Å²) in [6.07, 6.45) is 19.9. The normalized spacial score (nSPS) is 29.6. The second-order valence-corrected chi connectivity index (χ2v) is 26.0. The molecule has 0 radical (unpaired) electrons. The van der Waals surface area contributed by atoms with Crippen LogP contribution in [0.1, 0.15) is 113 Å². The quantitative estimate of drug-likeness (QED) is 0.188. The average Bonchev–Trinajstić information content (AvgIpc) is 3.14. The third-order valence-corrected chi connectivity index (χ3v) is 16.3. The maximum atomic E-state index is 6.84. The zero-order valence-electron chi connectivity index (χ0n) is 28.6. The molecule has 0 N–H and O–H groups in total. The Labute approximate surface area is 251 Å². The topological polar surface area (TPSA) is 18.5 Å². The molecule has 0 unspecified atom stereocenters. The van der Waals surface area contributed by atoms with Crippen LogP contribution in [-0.4, -0.2) is 28.3 Å². The van der Waals surface area contributed by atoms with E-state index in [2.05, 4.69) is 106 Å². The van der Waals surface area contributed by atoms with Gasteiger partial charge < -0.3 is 8.85 Å². The number of hydrogen-bond donors (Lipinski definition) is 0. The molecule has 228 valence electrons. The van der Waals surface area contributed by atoms with Crippen LogP contribution in [0, 0.1) is 17.3 Å². The molecule has 4 heteroatoms. The fraction of sp³-hybridized carbons (Fsp3) is 0.778. The molecule has 2 fully saturated rings. The maximum absolute atomic E-state index is 6.84. The van der Waals surface area contributed by atoms with Gasteiger partial charge in [0.2, 0.25) is 0 Å². The summed E-state index contributed by atoms with van der Waals surface area (Å²) in [4.78, 5) is 0. The summed E-state index contributed by atoms with van der Waals surface area (Å²) in [7, 11) is -3.28. The highest BCUT2D eigenvalue weighted by Gasteiger charge is 2.46. The molecular formula is C36H64O2Si2. The highest BCUT2D eigenvalue weighted by molar-refractivity contribution is 6.74. The van der Waals surface area contributed by atoms with E-state index < -0.39 is 16.6 Å². The van der Waals surface area contributed by atoms with Crippen molar-refractivity contribution in [3.05, 3.63) is 47.1 Å². The van der Waals surface area contributed by atoms with Crippen LogP contribution in [0.4, 0.5) is 0 Å². The second kappa shape index (κ2) is 12.5. The average molecular weight is 585 g/mol. The predicted octanol–water partition coefficient (Wildman–Crippen LogP) is 11.5. The van der Waals surface area contributed by atoms with Crippen molar-refractivity contribution >= 4 is 16.6 Å². The van der Waals surface area contributed by atoms with E-state index in [1.807, 2.05) is 0 Å². The van der Waals surface area contributed by atoms with Crippen molar-refractivity contribution in [1.29, 1.82) is 0 Å². The highest BCUT2D eigenvalue weighted by atomic mass is 28.4. The van der Waals surface area contributed by atoms with Crippen molar-refractivity contribution in [3.63, 3.8) is 0 Å². The van der Waals surface area contributed by atoms with Crippen molar-refractivity contribution in [2.24, 2.45) is 17.3 Å². The Morgan fingerprint density at radius 2 is 1.75 bits per heavy atom. The molecular weight excluding hydrogens is 521 g/mol. The predicted molar refractivity (Wildman–Crippen MR) is 181 cm³/mol.